The van der Waals surface area contributed by atoms with Crippen molar-refractivity contribution in [3.8, 4) is 47.4 Å². The molecular weight excluding hydrogens is 712 g/mol. The fourth-order valence-corrected chi connectivity index (χ4v) is 4.23. The number of hydrogen-bond donors (Lipinski definition) is 5. The summed E-state index contributed by atoms with van der Waals surface area (Å²) >= 11 is 0. The molecule has 0 aliphatic heterocycles. The SMILES string of the molecule is COC(=O)[C@@H](NC(=O)c1ccc(C#CC#CC2CC2)cc1)[C@](C)(O)C(F)F.C[C@@](O)(C(F)F)[C@H](NC(=O)c1ccc(C#CC#CC2CC2)cc1)C(=O)CO. The first-order chi connectivity index (χ1) is 25.5. The van der Waals surface area contributed by atoms with Crippen LogP contribution in [-0.2, 0) is 14.3 Å². The van der Waals surface area contributed by atoms with E-state index in [1.807, 2.05) is 0 Å². The maximum Gasteiger partial charge on any atom is 0.331 e. The Morgan fingerprint density at radius 2 is 1.07 bits per heavy atom. The highest BCUT2D eigenvalue weighted by atomic mass is 19.3. The van der Waals surface area contributed by atoms with Crippen LogP contribution in [0.1, 0.15) is 71.4 Å². The topological polar surface area (TPSA) is 162 Å². The molecule has 0 aromatic heterocycles. The highest BCUT2D eigenvalue weighted by Crippen LogP contribution is 2.28. The van der Waals surface area contributed by atoms with Crippen molar-refractivity contribution in [1.82, 2.24) is 10.6 Å². The van der Waals surface area contributed by atoms with Crippen molar-refractivity contribution in [2.24, 2.45) is 11.8 Å². The zero-order valence-electron chi connectivity index (χ0n) is 29.5. The van der Waals surface area contributed by atoms with E-state index >= 15 is 0 Å². The van der Waals surface area contributed by atoms with Crippen LogP contribution in [0.5, 0.6) is 0 Å². The summed E-state index contributed by atoms with van der Waals surface area (Å²) in [6.07, 6.45) is -2.12. The van der Waals surface area contributed by atoms with E-state index in [-0.39, 0.29) is 11.1 Å². The van der Waals surface area contributed by atoms with Gasteiger partial charge in [0.15, 0.2) is 17.4 Å². The molecule has 2 aliphatic rings. The number of nitrogens with one attached hydrogen (secondary N) is 2. The number of Topliss-reactive ketones (excluding diaryl/α,β-unsaturated/α-hetero) is 1. The number of rotatable bonds is 11. The van der Waals surface area contributed by atoms with Gasteiger partial charge in [-0.25, -0.2) is 22.4 Å². The van der Waals surface area contributed by atoms with E-state index in [0.717, 1.165) is 46.6 Å². The van der Waals surface area contributed by atoms with Gasteiger partial charge in [0.2, 0.25) is 0 Å². The number of amides is 2. The van der Waals surface area contributed by atoms with Crippen molar-refractivity contribution in [2.75, 3.05) is 13.7 Å². The number of aliphatic hydroxyl groups excluding tert-OH is 1. The average molecular weight is 751 g/mol. The van der Waals surface area contributed by atoms with E-state index in [1.54, 1.807) is 24.3 Å². The number of benzene rings is 2. The molecule has 0 spiro atoms. The Hall–Kier alpha value is -5.64. The fraction of sp³-hybridized carbons (Fsp3) is 0.400. The molecule has 284 valence electrons. The molecular formula is C40H38F4N2O8. The number of hydrogen-bond acceptors (Lipinski definition) is 8. The van der Waals surface area contributed by atoms with Crippen LogP contribution in [0.15, 0.2) is 48.5 Å². The van der Waals surface area contributed by atoms with Crippen molar-refractivity contribution in [2.45, 2.75) is 75.7 Å². The third-order valence-electron chi connectivity index (χ3n) is 8.06. The van der Waals surface area contributed by atoms with Gasteiger partial charge in [-0.15, -0.1) is 0 Å². The highest BCUT2D eigenvalue weighted by Gasteiger charge is 2.47. The van der Waals surface area contributed by atoms with Crippen LogP contribution in [0.4, 0.5) is 17.6 Å². The Bertz CT molecular complexity index is 1780. The fourth-order valence-electron chi connectivity index (χ4n) is 4.23. The summed E-state index contributed by atoms with van der Waals surface area (Å²) in [4.78, 5) is 47.9. The second-order valence-corrected chi connectivity index (χ2v) is 12.8. The molecule has 14 heteroatoms. The summed E-state index contributed by atoms with van der Waals surface area (Å²) in [5.74, 6) is 19.6. The summed E-state index contributed by atoms with van der Waals surface area (Å²) in [5, 5.41) is 32.8. The Morgan fingerprint density at radius 1 is 0.704 bits per heavy atom. The van der Waals surface area contributed by atoms with Crippen LogP contribution in [-0.4, -0.2) is 88.7 Å². The molecule has 2 aromatic carbocycles. The summed E-state index contributed by atoms with van der Waals surface area (Å²) in [6, 6.07) is 8.04. The summed E-state index contributed by atoms with van der Waals surface area (Å²) in [7, 11) is 0.975. The molecule has 2 amide bonds. The van der Waals surface area contributed by atoms with Gasteiger partial charge in [-0.2, -0.15) is 0 Å². The average Bonchev–Trinajstić information content (AvgIpc) is 4.10. The van der Waals surface area contributed by atoms with Gasteiger partial charge in [0.1, 0.15) is 18.2 Å². The lowest BCUT2D eigenvalue weighted by Gasteiger charge is -2.31. The lowest BCUT2D eigenvalue weighted by atomic mass is 9.93. The molecule has 10 nitrogen and oxygen atoms in total. The highest BCUT2D eigenvalue weighted by molar-refractivity contribution is 5.99. The van der Waals surface area contributed by atoms with Crippen molar-refractivity contribution in [3.05, 3.63) is 70.8 Å². The Morgan fingerprint density at radius 3 is 1.41 bits per heavy atom. The van der Waals surface area contributed by atoms with Gasteiger partial charge in [-0.1, -0.05) is 23.7 Å². The van der Waals surface area contributed by atoms with E-state index in [1.165, 1.54) is 24.3 Å². The minimum absolute atomic E-state index is 0.0884. The summed E-state index contributed by atoms with van der Waals surface area (Å²) in [6.45, 7) is 0.378. The maximum absolute atomic E-state index is 13.0. The Labute approximate surface area is 310 Å². The number of ketones is 1. The minimum atomic E-state index is -3.30. The van der Waals surface area contributed by atoms with Gasteiger partial charge in [-0.05, 0) is 112 Å². The van der Waals surface area contributed by atoms with Gasteiger partial charge >= 0.3 is 5.97 Å². The van der Waals surface area contributed by atoms with E-state index < -0.39 is 66.3 Å². The maximum atomic E-state index is 13.0. The molecule has 0 heterocycles. The molecule has 0 unspecified atom stereocenters. The first-order valence-corrected chi connectivity index (χ1v) is 16.6. The lowest BCUT2D eigenvalue weighted by Crippen LogP contribution is -2.59. The van der Waals surface area contributed by atoms with Crippen LogP contribution in [0.2, 0.25) is 0 Å². The Balaban J connectivity index is 0.000000290. The second-order valence-electron chi connectivity index (χ2n) is 12.8. The lowest BCUT2D eigenvalue weighted by molar-refractivity contribution is -0.160. The quantitative estimate of drug-likeness (QED) is 0.133. The number of ether oxygens (including phenoxy) is 1. The number of alkyl halides is 4. The smallest absolute Gasteiger partial charge is 0.331 e. The zero-order valence-corrected chi connectivity index (χ0v) is 29.5. The van der Waals surface area contributed by atoms with Crippen molar-refractivity contribution >= 4 is 23.6 Å². The number of carbonyl (C=O) groups excluding carboxylic acids is 4. The monoisotopic (exact) mass is 750 g/mol. The number of carbonyl (C=O) groups is 4. The molecule has 2 fully saturated rings. The van der Waals surface area contributed by atoms with Crippen molar-refractivity contribution < 1.29 is 56.8 Å². The number of methoxy groups -OCH3 is 1. The van der Waals surface area contributed by atoms with Gasteiger partial charge < -0.3 is 30.7 Å². The van der Waals surface area contributed by atoms with Gasteiger partial charge in [0.05, 0.1) is 7.11 Å². The largest absolute Gasteiger partial charge is 0.467 e. The Kier molecular flexibility index (Phi) is 15.4. The number of halogens is 4. The molecule has 2 aliphatic carbocycles. The van der Waals surface area contributed by atoms with Crippen LogP contribution >= 0.6 is 0 Å². The van der Waals surface area contributed by atoms with Gasteiger partial charge in [-0.3, -0.25) is 14.4 Å². The molecule has 4 atom stereocenters. The minimum Gasteiger partial charge on any atom is -0.467 e. The van der Waals surface area contributed by atoms with E-state index in [4.69, 9.17) is 5.11 Å². The van der Waals surface area contributed by atoms with E-state index in [2.05, 4.69) is 62.7 Å². The summed E-state index contributed by atoms with van der Waals surface area (Å²) < 4.78 is 56.5. The summed E-state index contributed by atoms with van der Waals surface area (Å²) in [5.41, 5.74) is -4.16. The molecule has 5 N–H and O–H groups in total. The first-order valence-electron chi connectivity index (χ1n) is 16.6. The van der Waals surface area contributed by atoms with Crippen LogP contribution < -0.4 is 10.6 Å². The third kappa shape index (κ3) is 12.8. The van der Waals surface area contributed by atoms with Gasteiger partial charge in [0.25, 0.3) is 24.7 Å². The van der Waals surface area contributed by atoms with Crippen molar-refractivity contribution in [3.63, 3.8) is 0 Å². The van der Waals surface area contributed by atoms with Crippen molar-refractivity contribution in [1.29, 1.82) is 0 Å². The van der Waals surface area contributed by atoms with Crippen LogP contribution in [0.3, 0.4) is 0 Å². The molecule has 54 heavy (non-hydrogen) atoms. The van der Waals surface area contributed by atoms with Crippen LogP contribution in [0, 0.1) is 59.2 Å². The van der Waals surface area contributed by atoms with Crippen LogP contribution in [0.25, 0.3) is 0 Å². The molecule has 0 radical (unpaired) electrons. The molecule has 4 rings (SSSR count). The number of esters is 1. The molecule has 0 bridgehead atoms. The second kappa shape index (κ2) is 19.4. The van der Waals surface area contributed by atoms with Gasteiger partial charge in [0, 0.05) is 34.1 Å². The standard InChI is InChI=1S/2C20H19F2NO4/c1-20(26,19(21)22)16(18(25)27-2)23-17(24)15-11-9-14(10-12-15)6-4-3-5-13-7-8-13;1-20(27,19(21)22)17(16(25)12-24)23-18(26)15-10-8-14(9-11-15)5-3-2-4-13-6-7-13/h9-13,16,19,26H,7-8H2,1-2H3,(H,23,24);8-11,13,17,19,24,27H,6-7,12H2,1H3,(H,23,26)/t16-,20+;17-,20+/m11/s1. The molecule has 2 aromatic rings. The predicted molar refractivity (Wildman–Crippen MR) is 188 cm³/mol. The van der Waals surface area contributed by atoms with E-state index in [9.17, 15) is 47.0 Å². The first kappa shape index (κ1) is 42.8. The van der Waals surface area contributed by atoms with E-state index in [0.29, 0.717) is 23.0 Å². The third-order valence-corrected chi connectivity index (χ3v) is 8.06. The number of aliphatic hydroxyl groups is 3. The predicted octanol–water partition coefficient (Wildman–Crippen LogP) is 2.87. The zero-order chi connectivity index (χ0) is 40.1. The molecule has 0 saturated heterocycles. The normalized spacial score (nSPS) is 16.1. The molecule has 2 saturated carbocycles.